The maximum Gasteiger partial charge on any atom is 0.317 e. The van der Waals surface area contributed by atoms with E-state index in [0.717, 1.165) is 6.42 Å². The van der Waals surface area contributed by atoms with Crippen LogP contribution >= 0.6 is 0 Å². The van der Waals surface area contributed by atoms with Gasteiger partial charge in [-0.3, -0.25) is 4.79 Å². The molecule has 0 aromatic heterocycles. The normalized spacial score (nSPS) is 21.4. The number of piperidine rings is 1. The molecule has 1 aliphatic heterocycles. The number of hydrogen-bond acceptors (Lipinski definition) is 2. The number of carboxylic acid groups (broad SMARTS) is 1. The van der Waals surface area contributed by atoms with Gasteiger partial charge >= 0.3 is 12.0 Å². The molecule has 0 saturated carbocycles. The first-order chi connectivity index (χ1) is 8.04. The molecule has 0 aliphatic carbocycles. The van der Waals surface area contributed by atoms with E-state index < -0.39 is 11.9 Å². The molecule has 94 valence electrons. The van der Waals surface area contributed by atoms with Gasteiger partial charge in [0, 0.05) is 25.6 Å². The monoisotopic (exact) mass is 238 g/mol. The number of carbonyl (C=O) groups is 2. The molecule has 0 radical (unpaired) electrons. The number of urea groups is 1. The van der Waals surface area contributed by atoms with E-state index in [0.29, 0.717) is 19.4 Å². The first kappa shape index (κ1) is 13.4. The van der Waals surface area contributed by atoms with Crippen molar-refractivity contribution in [2.24, 2.45) is 5.92 Å². The number of hydrogen-bond donors (Lipinski definition) is 2. The molecular formula is C12H18N2O3. The second-order valence-electron chi connectivity index (χ2n) is 4.38. The molecule has 2 atom stereocenters. The Balaban J connectivity index is 2.46. The lowest BCUT2D eigenvalue weighted by atomic mass is 9.99. The summed E-state index contributed by atoms with van der Waals surface area (Å²) < 4.78 is 0. The van der Waals surface area contributed by atoms with Gasteiger partial charge in [-0.1, -0.05) is 0 Å². The van der Waals surface area contributed by atoms with Crippen LogP contribution in [0.15, 0.2) is 0 Å². The number of carbonyl (C=O) groups excluding carboxylic acids is 1. The van der Waals surface area contributed by atoms with E-state index in [4.69, 9.17) is 11.5 Å². The smallest absolute Gasteiger partial charge is 0.317 e. The van der Waals surface area contributed by atoms with Crippen LogP contribution in [0.5, 0.6) is 0 Å². The first-order valence-corrected chi connectivity index (χ1v) is 5.76. The van der Waals surface area contributed by atoms with E-state index in [1.54, 1.807) is 4.90 Å². The second-order valence-corrected chi connectivity index (χ2v) is 4.38. The van der Waals surface area contributed by atoms with Crippen molar-refractivity contribution in [1.82, 2.24) is 10.2 Å². The topological polar surface area (TPSA) is 69.6 Å². The summed E-state index contributed by atoms with van der Waals surface area (Å²) in [6.07, 6.45) is 6.99. The number of nitrogens with one attached hydrogen (secondary N) is 1. The highest BCUT2D eigenvalue weighted by Crippen LogP contribution is 2.16. The van der Waals surface area contributed by atoms with E-state index in [1.807, 2.05) is 6.92 Å². The SMILES string of the molecule is C#CCC(C)NC(=O)N1CCCC(C(=O)O)C1. The van der Waals surface area contributed by atoms with Crippen molar-refractivity contribution in [1.29, 1.82) is 0 Å². The van der Waals surface area contributed by atoms with Crippen molar-refractivity contribution in [3.8, 4) is 12.3 Å². The van der Waals surface area contributed by atoms with Crippen LogP contribution < -0.4 is 5.32 Å². The lowest BCUT2D eigenvalue weighted by Crippen LogP contribution is -2.49. The zero-order valence-corrected chi connectivity index (χ0v) is 9.98. The highest BCUT2D eigenvalue weighted by Gasteiger charge is 2.28. The molecule has 1 rings (SSSR count). The summed E-state index contributed by atoms with van der Waals surface area (Å²) in [4.78, 5) is 24.2. The molecule has 2 N–H and O–H groups in total. The average molecular weight is 238 g/mol. The van der Waals surface area contributed by atoms with Crippen molar-refractivity contribution in [3.63, 3.8) is 0 Å². The number of amides is 2. The Labute approximate surface area is 101 Å². The zero-order valence-electron chi connectivity index (χ0n) is 9.98. The predicted octanol–water partition coefficient (Wildman–Crippen LogP) is 0.904. The van der Waals surface area contributed by atoms with E-state index in [9.17, 15) is 9.59 Å². The number of rotatable bonds is 3. The molecular weight excluding hydrogens is 220 g/mol. The van der Waals surface area contributed by atoms with E-state index >= 15 is 0 Å². The molecule has 5 heteroatoms. The lowest BCUT2D eigenvalue weighted by Gasteiger charge is -2.31. The molecule has 1 saturated heterocycles. The summed E-state index contributed by atoms with van der Waals surface area (Å²) in [5.41, 5.74) is 0. The molecule has 1 heterocycles. The zero-order chi connectivity index (χ0) is 12.8. The number of carboxylic acids is 1. The molecule has 0 bridgehead atoms. The Hall–Kier alpha value is -1.70. The standard InChI is InChI=1S/C12H18N2O3/c1-3-5-9(2)13-12(17)14-7-4-6-10(8-14)11(15)16/h1,9-10H,4-8H2,2H3,(H,13,17)(H,15,16). The fraction of sp³-hybridized carbons (Fsp3) is 0.667. The maximum atomic E-state index is 11.8. The van der Waals surface area contributed by atoms with Crippen LogP contribution in [-0.4, -0.2) is 41.1 Å². The van der Waals surface area contributed by atoms with Gasteiger partial charge in [0.15, 0.2) is 0 Å². The highest BCUT2D eigenvalue weighted by molar-refractivity contribution is 5.76. The Bertz CT molecular complexity index is 335. The maximum absolute atomic E-state index is 11.8. The Morgan fingerprint density at radius 3 is 2.94 bits per heavy atom. The molecule has 1 aliphatic rings. The summed E-state index contributed by atoms with van der Waals surface area (Å²) in [6.45, 7) is 2.72. The summed E-state index contributed by atoms with van der Waals surface area (Å²) in [5.74, 6) is 1.19. The highest BCUT2D eigenvalue weighted by atomic mass is 16.4. The predicted molar refractivity (Wildman–Crippen MR) is 63.4 cm³/mol. The molecule has 0 aromatic carbocycles. The third-order valence-corrected chi connectivity index (χ3v) is 2.85. The van der Waals surface area contributed by atoms with Gasteiger partial charge in [0.25, 0.3) is 0 Å². The first-order valence-electron chi connectivity index (χ1n) is 5.76. The van der Waals surface area contributed by atoms with E-state index in [2.05, 4.69) is 11.2 Å². The van der Waals surface area contributed by atoms with Gasteiger partial charge in [0.2, 0.25) is 0 Å². The van der Waals surface area contributed by atoms with Gasteiger partial charge < -0.3 is 15.3 Å². The number of aliphatic carboxylic acids is 1. The summed E-state index contributed by atoms with van der Waals surface area (Å²) in [6, 6.07) is -0.309. The van der Waals surface area contributed by atoms with Crippen LogP contribution in [0.3, 0.4) is 0 Å². The lowest BCUT2D eigenvalue weighted by molar-refractivity contribution is -0.143. The summed E-state index contributed by atoms with van der Waals surface area (Å²) in [5, 5.41) is 11.7. The van der Waals surface area contributed by atoms with Gasteiger partial charge in [-0.25, -0.2) is 4.79 Å². The summed E-state index contributed by atoms with van der Waals surface area (Å²) >= 11 is 0. The quantitative estimate of drug-likeness (QED) is 0.718. The van der Waals surface area contributed by atoms with Crippen molar-refractivity contribution in [3.05, 3.63) is 0 Å². The molecule has 2 unspecified atom stereocenters. The Morgan fingerprint density at radius 2 is 2.35 bits per heavy atom. The Morgan fingerprint density at radius 1 is 1.65 bits per heavy atom. The van der Waals surface area contributed by atoms with Gasteiger partial charge in [-0.05, 0) is 19.8 Å². The van der Waals surface area contributed by atoms with Crippen molar-refractivity contribution in [2.75, 3.05) is 13.1 Å². The van der Waals surface area contributed by atoms with Gasteiger partial charge in [-0.2, -0.15) is 0 Å². The second kappa shape index (κ2) is 6.14. The van der Waals surface area contributed by atoms with Crippen LogP contribution in [0.2, 0.25) is 0 Å². The van der Waals surface area contributed by atoms with Crippen molar-refractivity contribution < 1.29 is 14.7 Å². The fourth-order valence-corrected chi connectivity index (χ4v) is 1.89. The van der Waals surface area contributed by atoms with Crippen LogP contribution in [0.4, 0.5) is 4.79 Å². The minimum atomic E-state index is -0.834. The van der Waals surface area contributed by atoms with Gasteiger partial charge in [0.05, 0.1) is 5.92 Å². The van der Waals surface area contributed by atoms with Crippen molar-refractivity contribution in [2.45, 2.75) is 32.2 Å². The minimum absolute atomic E-state index is 0.0855. The number of likely N-dealkylation sites (tertiary alicyclic amines) is 1. The fourth-order valence-electron chi connectivity index (χ4n) is 1.89. The summed E-state index contributed by atoms with van der Waals surface area (Å²) in [7, 11) is 0. The molecule has 1 fully saturated rings. The molecule has 0 aromatic rings. The number of terminal acetylenes is 1. The van der Waals surface area contributed by atoms with E-state index in [-0.39, 0.29) is 18.6 Å². The largest absolute Gasteiger partial charge is 0.481 e. The Kier molecular flexibility index (Phi) is 4.83. The molecule has 0 spiro atoms. The molecule has 17 heavy (non-hydrogen) atoms. The number of nitrogens with zero attached hydrogens (tertiary/aromatic N) is 1. The van der Waals surface area contributed by atoms with Crippen LogP contribution in [0.1, 0.15) is 26.2 Å². The van der Waals surface area contributed by atoms with Crippen LogP contribution in [0, 0.1) is 18.3 Å². The van der Waals surface area contributed by atoms with Gasteiger partial charge in [-0.15, -0.1) is 12.3 Å². The average Bonchev–Trinajstić information content (AvgIpc) is 2.29. The van der Waals surface area contributed by atoms with Crippen LogP contribution in [-0.2, 0) is 4.79 Å². The van der Waals surface area contributed by atoms with Gasteiger partial charge in [0.1, 0.15) is 0 Å². The van der Waals surface area contributed by atoms with Crippen LogP contribution in [0.25, 0.3) is 0 Å². The van der Waals surface area contributed by atoms with Crippen molar-refractivity contribution >= 4 is 12.0 Å². The molecule has 2 amide bonds. The minimum Gasteiger partial charge on any atom is -0.481 e. The van der Waals surface area contributed by atoms with E-state index in [1.165, 1.54) is 0 Å². The third kappa shape index (κ3) is 3.99. The molecule has 5 nitrogen and oxygen atoms in total. The third-order valence-electron chi connectivity index (χ3n) is 2.85.